The Kier molecular flexibility index (Phi) is 6.17. The molecule has 0 saturated heterocycles. The van der Waals surface area contributed by atoms with E-state index in [1.165, 1.54) is 0 Å². The van der Waals surface area contributed by atoms with E-state index in [2.05, 4.69) is 15.8 Å². The normalized spacial score (nSPS) is 11.5. The van der Waals surface area contributed by atoms with E-state index in [1.807, 2.05) is 60.7 Å². The molecule has 1 heterocycles. The summed E-state index contributed by atoms with van der Waals surface area (Å²) < 4.78 is 11.4. The fourth-order valence-corrected chi connectivity index (χ4v) is 3.46. The van der Waals surface area contributed by atoms with Crippen LogP contribution in [0.2, 0.25) is 0 Å². The maximum Gasteiger partial charge on any atom is 0.244 e. The minimum absolute atomic E-state index is 0.0208. The summed E-state index contributed by atoms with van der Waals surface area (Å²) in [7, 11) is 1.55. The number of hydrogen-bond acceptors (Lipinski definition) is 5. The quantitative estimate of drug-likeness (QED) is 0.330. The van der Waals surface area contributed by atoms with Crippen LogP contribution in [0.15, 0.2) is 76.2 Å². The number of rotatable bonds is 7. The van der Waals surface area contributed by atoms with Gasteiger partial charge in [0.1, 0.15) is 16.9 Å². The van der Waals surface area contributed by atoms with E-state index in [9.17, 15) is 9.59 Å². The first kappa shape index (κ1) is 21.1. The van der Waals surface area contributed by atoms with Gasteiger partial charge in [-0.05, 0) is 24.6 Å². The first-order valence-electron chi connectivity index (χ1n) is 10.2. The summed E-state index contributed by atoms with van der Waals surface area (Å²) in [5.74, 6) is 0.00782. The van der Waals surface area contributed by atoms with Gasteiger partial charge in [0, 0.05) is 22.6 Å². The Bertz CT molecular complexity index is 1310. The minimum Gasteiger partial charge on any atom is -0.495 e. The number of amides is 2. The van der Waals surface area contributed by atoms with Crippen molar-refractivity contribution in [3.63, 3.8) is 0 Å². The number of carbonyl (C=O) groups is 2. The molecule has 0 unspecified atom stereocenters. The summed E-state index contributed by atoms with van der Waals surface area (Å²) in [5, 5.41) is 8.76. The van der Waals surface area contributed by atoms with Crippen molar-refractivity contribution in [3.8, 4) is 5.75 Å². The summed E-state index contributed by atoms with van der Waals surface area (Å²) in [6.45, 7) is 1.68. The molecule has 1 aromatic heterocycles. The maximum atomic E-state index is 12.5. The number of methoxy groups -OCH3 is 1. The van der Waals surface area contributed by atoms with E-state index < -0.39 is 0 Å². The zero-order chi connectivity index (χ0) is 22.5. The highest BCUT2D eigenvalue weighted by Crippen LogP contribution is 2.36. The van der Waals surface area contributed by atoms with Gasteiger partial charge in [-0.2, -0.15) is 5.10 Å². The van der Waals surface area contributed by atoms with Crippen molar-refractivity contribution in [3.05, 3.63) is 72.3 Å². The van der Waals surface area contributed by atoms with Crippen LogP contribution < -0.4 is 15.5 Å². The zero-order valence-electron chi connectivity index (χ0n) is 17.8. The van der Waals surface area contributed by atoms with Crippen LogP contribution in [0, 0.1) is 0 Å². The van der Waals surface area contributed by atoms with Crippen LogP contribution in [0.1, 0.15) is 18.9 Å². The number of ether oxygens (including phenoxy) is 1. The van der Waals surface area contributed by atoms with E-state index in [4.69, 9.17) is 9.15 Å². The summed E-state index contributed by atoms with van der Waals surface area (Å²) in [6.07, 6.45) is 0.242. The van der Waals surface area contributed by atoms with Crippen molar-refractivity contribution in [2.75, 3.05) is 12.4 Å². The molecule has 7 nitrogen and oxygen atoms in total. The third-order valence-electron chi connectivity index (χ3n) is 4.97. The van der Waals surface area contributed by atoms with Crippen molar-refractivity contribution < 1.29 is 18.7 Å². The Hall–Kier alpha value is -4.13. The molecule has 2 N–H and O–H groups in total. The SMILES string of the molecule is COc1cc2c(cc1NC(=O)C/C(C)=N/NC(=O)Cc1ccccc1)oc1ccccc12. The molecule has 4 aromatic rings. The number of hydrogen-bond donors (Lipinski definition) is 2. The number of fused-ring (bicyclic) bond motifs is 3. The van der Waals surface area contributed by atoms with E-state index in [0.29, 0.717) is 22.7 Å². The molecular weight excluding hydrogens is 406 g/mol. The smallest absolute Gasteiger partial charge is 0.244 e. The summed E-state index contributed by atoms with van der Waals surface area (Å²) >= 11 is 0. The number of nitrogens with one attached hydrogen (secondary N) is 2. The predicted molar refractivity (Wildman–Crippen MR) is 125 cm³/mol. The first-order valence-corrected chi connectivity index (χ1v) is 10.2. The fourth-order valence-electron chi connectivity index (χ4n) is 3.46. The number of furan rings is 1. The molecule has 0 bridgehead atoms. The Morgan fingerprint density at radius 1 is 0.938 bits per heavy atom. The second-order valence-electron chi connectivity index (χ2n) is 7.42. The third kappa shape index (κ3) is 4.78. The molecule has 4 rings (SSSR count). The number of hydrazone groups is 1. The van der Waals surface area contributed by atoms with E-state index in [0.717, 1.165) is 21.9 Å². The van der Waals surface area contributed by atoms with Crippen LogP contribution in [0.3, 0.4) is 0 Å². The van der Waals surface area contributed by atoms with Gasteiger partial charge in [-0.1, -0.05) is 48.5 Å². The van der Waals surface area contributed by atoms with Crippen LogP contribution in [0.4, 0.5) is 5.69 Å². The fraction of sp³-hybridized carbons (Fsp3) is 0.160. The molecular formula is C25H23N3O4. The number of nitrogens with zero attached hydrogens (tertiary/aromatic N) is 1. The van der Waals surface area contributed by atoms with Crippen molar-refractivity contribution in [2.24, 2.45) is 5.10 Å². The molecule has 0 spiro atoms. The monoisotopic (exact) mass is 429 g/mol. The van der Waals surface area contributed by atoms with Crippen molar-refractivity contribution in [1.29, 1.82) is 0 Å². The predicted octanol–water partition coefficient (Wildman–Crippen LogP) is 4.66. The van der Waals surface area contributed by atoms with Crippen LogP contribution in [-0.4, -0.2) is 24.6 Å². The maximum absolute atomic E-state index is 12.5. The standard InChI is InChI=1S/C25H23N3O4/c1-16(27-28-25(30)13-17-8-4-3-5-9-17)12-24(29)26-20-15-22-19(14-23(20)31-2)18-10-6-7-11-21(18)32-22/h3-11,14-15H,12-13H2,1-2H3,(H,26,29)(H,28,30)/b27-16+. The Labute approximate surface area is 185 Å². The van der Waals surface area contributed by atoms with Crippen LogP contribution in [0.5, 0.6) is 5.75 Å². The van der Waals surface area contributed by atoms with Gasteiger partial charge in [0.2, 0.25) is 11.8 Å². The number of para-hydroxylation sites is 1. The molecule has 7 heteroatoms. The molecule has 162 valence electrons. The van der Waals surface area contributed by atoms with Gasteiger partial charge in [-0.3, -0.25) is 9.59 Å². The highest BCUT2D eigenvalue weighted by Gasteiger charge is 2.14. The van der Waals surface area contributed by atoms with Crippen molar-refractivity contribution in [1.82, 2.24) is 5.43 Å². The lowest BCUT2D eigenvalue weighted by atomic mass is 10.1. The second-order valence-corrected chi connectivity index (χ2v) is 7.42. The van der Waals surface area contributed by atoms with Gasteiger partial charge in [0.25, 0.3) is 0 Å². The second kappa shape index (κ2) is 9.34. The van der Waals surface area contributed by atoms with Gasteiger partial charge in [0.15, 0.2) is 0 Å². The molecule has 0 aliphatic carbocycles. The summed E-state index contributed by atoms with van der Waals surface area (Å²) in [5.41, 5.74) is 5.79. The third-order valence-corrected chi connectivity index (χ3v) is 4.97. The molecule has 3 aromatic carbocycles. The topological polar surface area (TPSA) is 92.9 Å². The number of anilines is 1. The van der Waals surface area contributed by atoms with E-state index >= 15 is 0 Å². The van der Waals surface area contributed by atoms with Gasteiger partial charge in [0.05, 0.1) is 25.6 Å². The highest BCUT2D eigenvalue weighted by atomic mass is 16.5. The van der Waals surface area contributed by atoms with Gasteiger partial charge in [-0.25, -0.2) is 5.43 Å². The zero-order valence-corrected chi connectivity index (χ0v) is 17.8. The molecule has 32 heavy (non-hydrogen) atoms. The molecule has 0 saturated carbocycles. The summed E-state index contributed by atoms with van der Waals surface area (Å²) in [6, 6.07) is 20.7. The van der Waals surface area contributed by atoms with Crippen LogP contribution in [-0.2, 0) is 16.0 Å². The molecule has 0 aliphatic rings. The molecule has 0 aliphatic heterocycles. The van der Waals surface area contributed by atoms with Crippen LogP contribution in [0.25, 0.3) is 21.9 Å². The molecule has 0 fully saturated rings. The van der Waals surface area contributed by atoms with Gasteiger partial charge >= 0.3 is 0 Å². The molecule has 0 atom stereocenters. The Balaban J connectivity index is 1.42. The number of carbonyl (C=O) groups excluding carboxylic acids is 2. The first-order chi connectivity index (χ1) is 15.5. The number of benzene rings is 3. The lowest BCUT2D eigenvalue weighted by molar-refractivity contribution is -0.120. The molecule has 2 amide bonds. The lowest BCUT2D eigenvalue weighted by Gasteiger charge is -2.10. The highest BCUT2D eigenvalue weighted by molar-refractivity contribution is 6.10. The average Bonchev–Trinajstić information content (AvgIpc) is 3.15. The lowest BCUT2D eigenvalue weighted by Crippen LogP contribution is -2.23. The molecule has 0 radical (unpaired) electrons. The summed E-state index contributed by atoms with van der Waals surface area (Å²) in [4.78, 5) is 24.6. The Morgan fingerprint density at radius 2 is 1.69 bits per heavy atom. The van der Waals surface area contributed by atoms with Gasteiger partial charge in [-0.15, -0.1) is 0 Å². The van der Waals surface area contributed by atoms with Crippen molar-refractivity contribution >= 4 is 45.2 Å². The van der Waals surface area contributed by atoms with Gasteiger partial charge < -0.3 is 14.5 Å². The largest absolute Gasteiger partial charge is 0.495 e. The Morgan fingerprint density at radius 3 is 2.47 bits per heavy atom. The van der Waals surface area contributed by atoms with E-state index in [1.54, 1.807) is 20.1 Å². The average molecular weight is 429 g/mol. The van der Waals surface area contributed by atoms with Crippen molar-refractivity contribution in [2.45, 2.75) is 19.8 Å². The minimum atomic E-state index is -0.280. The van der Waals surface area contributed by atoms with E-state index in [-0.39, 0.29) is 24.7 Å². The van der Waals surface area contributed by atoms with Crippen LogP contribution >= 0.6 is 0 Å².